The molecule has 4 saturated carbocycles. The second-order valence-electron chi connectivity index (χ2n) is 10.5. The Labute approximate surface area is 160 Å². The summed E-state index contributed by atoms with van der Waals surface area (Å²) < 4.78 is 6.10. The second-order valence-corrected chi connectivity index (χ2v) is 10.5. The van der Waals surface area contributed by atoms with E-state index in [9.17, 15) is 4.79 Å². The van der Waals surface area contributed by atoms with E-state index < -0.39 is 0 Å². The lowest BCUT2D eigenvalue weighted by molar-refractivity contribution is -0.191. The molecule has 8 atom stereocenters. The number of carbonyl (C=O) groups is 1. The number of hydrogen-bond acceptors (Lipinski definition) is 2. The van der Waals surface area contributed by atoms with Gasteiger partial charge in [0, 0.05) is 11.8 Å². The van der Waals surface area contributed by atoms with Crippen LogP contribution in [0.3, 0.4) is 0 Å². The van der Waals surface area contributed by atoms with E-state index >= 15 is 0 Å². The van der Waals surface area contributed by atoms with Crippen molar-refractivity contribution in [2.75, 3.05) is 0 Å². The Kier molecular flexibility index (Phi) is 4.93. The highest BCUT2D eigenvalue weighted by Crippen LogP contribution is 2.68. The van der Waals surface area contributed by atoms with E-state index in [4.69, 9.17) is 4.74 Å². The van der Waals surface area contributed by atoms with Crippen molar-refractivity contribution in [2.24, 2.45) is 40.4 Å². The van der Waals surface area contributed by atoms with Crippen LogP contribution in [0.5, 0.6) is 0 Å². The first-order valence-electron chi connectivity index (χ1n) is 11.6. The second kappa shape index (κ2) is 6.82. The van der Waals surface area contributed by atoms with Gasteiger partial charge in [-0.1, -0.05) is 34.1 Å². The van der Waals surface area contributed by atoms with E-state index in [0.717, 1.165) is 36.0 Å². The van der Waals surface area contributed by atoms with Crippen LogP contribution in [0.1, 0.15) is 98.3 Å². The van der Waals surface area contributed by atoms with Crippen molar-refractivity contribution in [2.45, 2.75) is 104 Å². The Morgan fingerprint density at radius 3 is 2.50 bits per heavy atom. The van der Waals surface area contributed by atoms with Crippen LogP contribution in [0.4, 0.5) is 0 Å². The monoisotopic (exact) mass is 360 g/mol. The Bertz CT molecular complexity index is 542. The molecule has 4 fully saturated rings. The summed E-state index contributed by atoms with van der Waals surface area (Å²) in [6, 6.07) is 0. The predicted molar refractivity (Wildman–Crippen MR) is 106 cm³/mol. The van der Waals surface area contributed by atoms with Gasteiger partial charge in [-0.15, -0.1) is 0 Å². The van der Waals surface area contributed by atoms with E-state index in [0.29, 0.717) is 11.8 Å². The number of esters is 1. The quantitative estimate of drug-likeness (QED) is 0.546. The van der Waals surface area contributed by atoms with Crippen molar-refractivity contribution in [3.8, 4) is 0 Å². The molecular formula is C24H40O2. The lowest BCUT2D eigenvalue weighted by atomic mass is 9.44. The molecule has 0 heterocycles. The molecule has 148 valence electrons. The number of fused-ring (bicyclic) bond motifs is 5. The third-order valence-corrected chi connectivity index (χ3v) is 9.93. The zero-order chi connectivity index (χ0) is 18.5. The molecule has 0 saturated heterocycles. The van der Waals surface area contributed by atoms with E-state index in [-0.39, 0.29) is 17.5 Å². The van der Waals surface area contributed by atoms with Gasteiger partial charge in [0.1, 0.15) is 6.10 Å². The molecule has 0 radical (unpaired) electrons. The summed E-state index contributed by atoms with van der Waals surface area (Å²) in [5.41, 5.74) is 0.820. The van der Waals surface area contributed by atoms with Gasteiger partial charge in [0.2, 0.25) is 0 Å². The molecular weight excluding hydrogens is 320 g/mol. The van der Waals surface area contributed by atoms with Crippen molar-refractivity contribution in [3.05, 3.63) is 0 Å². The van der Waals surface area contributed by atoms with Crippen LogP contribution in [0.15, 0.2) is 0 Å². The minimum Gasteiger partial charge on any atom is -0.462 e. The Morgan fingerprint density at radius 2 is 1.77 bits per heavy atom. The minimum absolute atomic E-state index is 0.0200. The molecule has 26 heavy (non-hydrogen) atoms. The van der Waals surface area contributed by atoms with Crippen LogP contribution in [-0.2, 0) is 9.53 Å². The summed E-state index contributed by atoms with van der Waals surface area (Å²) in [5.74, 6) is 4.33. The molecule has 0 aromatic heterocycles. The fourth-order valence-electron chi connectivity index (χ4n) is 8.49. The predicted octanol–water partition coefficient (Wildman–Crippen LogP) is 6.38. The molecule has 0 amide bonds. The van der Waals surface area contributed by atoms with Gasteiger partial charge >= 0.3 is 5.97 Å². The van der Waals surface area contributed by atoms with Gasteiger partial charge in [0.05, 0.1) is 0 Å². The van der Waals surface area contributed by atoms with Crippen molar-refractivity contribution in [1.82, 2.24) is 0 Å². The van der Waals surface area contributed by atoms with E-state index in [1.807, 2.05) is 6.92 Å². The maximum Gasteiger partial charge on any atom is 0.305 e. The van der Waals surface area contributed by atoms with Crippen LogP contribution in [0.2, 0.25) is 0 Å². The van der Waals surface area contributed by atoms with Gasteiger partial charge in [0.15, 0.2) is 0 Å². The summed E-state index contributed by atoms with van der Waals surface area (Å²) in [6.45, 7) is 9.49. The number of carbonyl (C=O) groups excluding carboxylic acids is 1. The highest BCUT2D eigenvalue weighted by molar-refractivity contribution is 5.69. The fourth-order valence-corrected chi connectivity index (χ4v) is 8.49. The molecule has 4 aliphatic carbocycles. The lowest BCUT2D eigenvalue weighted by Crippen LogP contribution is -2.58. The van der Waals surface area contributed by atoms with Gasteiger partial charge < -0.3 is 4.74 Å². The summed E-state index contributed by atoms with van der Waals surface area (Å²) >= 11 is 0. The Balaban J connectivity index is 1.63. The SMILES string of the molecule is CCC(=O)OC1CCCC2CC[C@@H]3[C@H](CC[C@]4(C)[C@@H](CC)CC[C@@H]34)[C@]21C. The highest BCUT2D eigenvalue weighted by Gasteiger charge is 2.62. The third-order valence-electron chi connectivity index (χ3n) is 9.93. The maximum absolute atomic E-state index is 12.2. The molecule has 0 aromatic rings. The molecule has 0 aliphatic heterocycles. The first kappa shape index (κ1) is 18.8. The highest BCUT2D eigenvalue weighted by atomic mass is 16.5. The molecule has 4 aliphatic rings. The van der Waals surface area contributed by atoms with Crippen molar-refractivity contribution in [3.63, 3.8) is 0 Å². The zero-order valence-corrected chi connectivity index (χ0v) is 17.6. The third kappa shape index (κ3) is 2.60. The van der Waals surface area contributed by atoms with Gasteiger partial charge in [-0.25, -0.2) is 0 Å². The zero-order valence-electron chi connectivity index (χ0n) is 17.6. The number of ether oxygens (including phenoxy) is 1. The number of hydrogen-bond donors (Lipinski definition) is 0. The average molecular weight is 361 g/mol. The molecule has 2 unspecified atom stereocenters. The average Bonchev–Trinajstić information content (AvgIpc) is 2.98. The summed E-state index contributed by atoms with van der Waals surface area (Å²) in [7, 11) is 0. The normalized spacial score (nSPS) is 50.5. The van der Waals surface area contributed by atoms with Gasteiger partial charge in [-0.05, 0) is 92.8 Å². The first-order chi connectivity index (χ1) is 12.4. The Hall–Kier alpha value is -0.530. The molecule has 0 aromatic carbocycles. The first-order valence-corrected chi connectivity index (χ1v) is 11.6. The van der Waals surface area contributed by atoms with Gasteiger partial charge in [-0.2, -0.15) is 0 Å². The van der Waals surface area contributed by atoms with Crippen LogP contribution < -0.4 is 0 Å². The van der Waals surface area contributed by atoms with Crippen LogP contribution in [0, 0.1) is 40.4 Å². The van der Waals surface area contributed by atoms with Crippen LogP contribution in [-0.4, -0.2) is 12.1 Å². The molecule has 2 nitrogen and oxygen atoms in total. The lowest BCUT2D eigenvalue weighted by Gasteiger charge is -2.62. The summed E-state index contributed by atoms with van der Waals surface area (Å²) in [5, 5.41) is 0. The van der Waals surface area contributed by atoms with Crippen molar-refractivity contribution in [1.29, 1.82) is 0 Å². The van der Waals surface area contributed by atoms with Crippen LogP contribution in [0.25, 0.3) is 0 Å². The van der Waals surface area contributed by atoms with Gasteiger partial charge in [-0.3, -0.25) is 4.79 Å². The maximum atomic E-state index is 12.2. The van der Waals surface area contributed by atoms with Crippen LogP contribution >= 0.6 is 0 Å². The molecule has 0 N–H and O–H groups in total. The summed E-state index contributed by atoms with van der Waals surface area (Å²) in [4.78, 5) is 12.2. The largest absolute Gasteiger partial charge is 0.462 e. The summed E-state index contributed by atoms with van der Waals surface area (Å²) in [6.07, 6.45) is 14.3. The Morgan fingerprint density at radius 1 is 0.962 bits per heavy atom. The van der Waals surface area contributed by atoms with Gasteiger partial charge in [0.25, 0.3) is 0 Å². The molecule has 0 spiro atoms. The van der Waals surface area contributed by atoms with E-state index in [1.165, 1.54) is 57.8 Å². The molecule has 0 bridgehead atoms. The fraction of sp³-hybridized carbons (Fsp3) is 0.958. The van der Waals surface area contributed by atoms with E-state index in [2.05, 4.69) is 20.8 Å². The topological polar surface area (TPSA) is 26.3 Å². The smallest absolute Gasteiger partial charge is 0.305 e. The minimum atomic E-state index is 0.0200. The number of rotatable bonds is 3. The van der Waals surface area contributed by atoms with E-state index in [1.54, 1.807) is 0 Å². The molecule has 2 heteroatoms. The van der Waals surface area contributed by atoms with Crippen molar-refractivity contribution >= 4 is 5.97 Å². The van der Waals surface area contributed by atoms with Crippen molar-refractivity contribution < 1.29 is 9.53 Å². The molecule has 4 rings (SSSR count). The standard InChI is InChI=1S/C24H40O2/c1-5-16-11-13-19-18-12-10-17-8-7-9-21(26-22(25)6-2)24(17,4)20(18)14-15-23(16,19)3/h16-21H,5-15H2,1-4H3/t16-,17?,18-,19-,20-,21?,23+,24-/m0/s1.